The Morgan fingerprint density at radius 1 is 0.284 bits per heavy atom. The van der Waals surface area contributed by atoms with Gasteiger partial charge in [-0.3, -0.25) is 14.4 Å². The summed E-state index contributed by atoms with van der Waals surface area (Å²) in [5, 5.41) is 0. The van der Waals surface area contributed by atoms with Crippen molar-refractivity contribution in [3.05, 3.63) is 122 Å². The van der Waals surface area contributed by atoms with Crippen LogP contribution in [0, 0.1) is 0 Å². The van der Waals surface area contributed by atoms with E-state index in [0.29, 0.717) is 19.3 Å². The van der Waals surface area contributed by atoms with Crippen LogP contribution in [0.3, 0.4) is 0 Å². The zero-order valence-electron chi connectivity index (χ0n) is 48.1. The minimum absolute atomic E-state index is 0.0853. The fourth-order valence-electron chi connectivity index (χ4n) is 8.20. The minimum atomic E-state index is -0.785. The van der Waals surface area contributed by atoms with Crippen LogP contribution in [0.1, 0.15) is 271 Å². The molecule has 6 nitrogen and oxygen atoms in total. The molecule has 6 heteroatoms. The molecule has 74 heavy (non-hydrogen) atoms. The molecule has 1 atom stereocenters. The Labute approximate surface area is 456 Å². The van der Waals surface area contributed by atoms with Gasteiger partial charge in [-0.2, -0.15) is 0 Å². The lowest BCUT2D eigenvalue weighted by Gasteiger charge is -2.18. The minimum Gasteiger partial charge on any atom is -0.462 e. The summed E-state index contributed by atoms with van der Waals surface area (Å²) >= 11 is 0. The van der Waals surface area contributed by atoms with Crippen LogP contribution in [0.4, 0.5) is 0 Å². The van der Waals surface area contributed by atoms with Gasteiger partial charge in [-0.15, -0.1) is 0 Å². The molecule has 0 aliphatic rings. The normalized spacial score (nSPS) is 13.0. The number of carbonyl (C=O) groups excluding carboxylic acids is 3. The van der Waals surface area contributed by atoms with Gasteiger partial charge in [0, 0.05) is 19.3 Å². The van der Waals surface area contributed by atoms with Crippen molar-refractivity contribution < 1.29 is 28.6 Å². The van der Waals surface area contributed by atoms with Crippen molar-refractivity contribution in [2.45, 2.75) is 277 Å². The van der Waals surface area contributed by atoms with Crippen molar-refractivity contribution in [1.29, 1.82) is 0 Å². The first kappa shape index (κ1) is 69.8. The molecule has 0 radical (unpaired) electrons. The van der Waals surface area contributed by atoms with Gasteiger partial charge in [0.1, 0.15) is 13.2 Å². The lowest BCUT2D eigenvalue weighted by molar-refractivity contribution is -0.167. The van der Waals surface area contributed by atoms with Crippen LogP contribution in [0.15, 0.2) is 122 Å². The summed E-state index contributed by atoms with van der Waals surface area (Å²) in [5.74, 6) is -0.913. The second-order valence-electron chi connectivity index (χ2n) is 19.9. The topological polar surface area (TPSA) is 78.9 Å². The van der Waals surface area contributed by atoms with E-state index in [2.05, 4.69) is 142 Å². The maximum Gasteiger partial charge on any atom is 0.306 e. The van der Waals surface area contributed by atoms with Crippen LogP contribution in [0.5, 0.6) is 0 Å². The van der Waals surface area contributed by atoms with Gasteiger partial charge in [-0.1, -0.05) is 264 Å². The third-order valence-corrected chi connectivity index (χ3v) is 12.7. The van der Waals surface area contributed by atoms with Gasteiger partial charge in [0.15, 0.2) is 6.10 Å². The zero-order valence-corrected chi connectivity index (χ0v) is 48.1. The van der Waals surface area contributed by atoms with Gasteiger partial charge >= 0.3 is 17.9 Å². The van der Waals surface area contributed by atoms with E-state index < -0.39 is 6.10 Å². The zero-order chi connectivity index (χ0) is 53.6. The molecule has 0 spiro atoms. The Morgan fingerprint density at radius 2 is 0.527 bits per heavy atom. The SMILES string of the molecule is CC/C=C\C/C=C\C/C=C\C/C=C\C/C=C\C/C=C\C/C=C\CCCCCCCCCCCCCCCC(=O)OCC(COC(=O)CCCCCCCC)OC(=O)CCCCCCC/C=C\C/C=C\C/C=C\CC. The summed E-state index contributed by atoms with van der Waals surface area (Å²) < 4.78 is 16.7. The Hall–Kier alpha value is -4.19. The van der Waals surface area contributed by atoms with Crippen molar-refractivity contribution in [2.75, 3.05) is 13.2 Å². The highest BCUT2D eigenvalue weighted by atomic mass is 16.6. The largest absolute Gasteiger partial charge is 0.462 e. The molecule has 0 saturated carbocycles. The smallest absolute Gasteiger partial charge is 0.306 e. The quantitative estimate of drug-likeness (QED) is 0.0261. The molecule has 0 saturated heterocycles. The van der Waals surface area contributed by atoms with Crippen LogP contribution < -0.4 is 0 Å². The summed E-state index contributed by atoms with van der Waals surface area (Å²) in [5.41, 5.74) is 0. The van der Waals surface area contributed by atoms with Crippen molar-refractivity contribution in [1.82, 2.24) is 0 Å². The Balaban J connectivity index is 4.03. The lowest BCUT2D eigenvalue weighted by atomic mass is 10.0. The molecule has 1 unspecified atom stereocenters. The third kappa shape index (κ3) is 58.7. The first-order valence-corrected chi connectivity index (χ1v) is 30.5. The van der Waals surface area contributed by atoms with Gasteiger partial charge in [0.2, 0.25) is 0 Å². The molecule has 0 fully saturated rings. The van der Waals surface area contributed by atoms with Crippen molar-refractivity contribution in [2.24, 2.45) is 0 Å². The molecule has 0 rings (SSSR count). The van der Waals surface area contributed by atoms with Gasteiger partial charge in [-0.05, 0) is 109 Å². The molecule has 420 valence electrons. The van der Waals surface area contributed by atoms with E-state index in [0.717, 1.165) is 141 Å². The van der Waals surface area contributed by atoms with E-state index >= 15 is 0 Å². The summed E-state index contributed by atoms with van der Waals surface area (Å²) in [6.45, 7) is 6.34. The predicted molar refractivity (Wildman–Crippen MR) is 320 cm³/mol. The number of hydrogen-bond donors (Lipinski definition) is 0. The third-order valence-electron chi connectivity index (χ3n) is 12.7. The van der Waals surface area contributed by atoms with Crippen LogP contribution >= 0.6 is 0 Å². The maximum atomic E-state index is 12.8. The van der Waals surface area contributed by atoms with Crippen LogP contribution in [-0.2, 0) is 28.6 Å². The molecule has 0 aliphatic heterocycles. The number of ether oxygens (including phenoxy) is 3. The van der Waals surface area contributed by atoms with Gasteiger partial charge < -0.3 is 14.2 Å². The molecule has 0 amide bonds. The Morgan fingerprint density at radius 3 is 0.824 bits per heavy atom. The van der Waals surface area contributed by atoms with E-state index in [9.17, 15) is 14.4 Å². The highest BCUT2D eigenvalue weighted by Gasteiger charge is 2.19. The van der Waals surface area contributed by atoms with Crippen molar-refractivity contribution in [3.8, 4) is 0 Å². The number of hydrogen-bond acceptors (Lipinski definition) is 6. The highest BCUT2D eigenvalue weighted by Crippen LogP contribution is 2.15. The second kappa shape index (κ2) is 61.4. The first-order valence-electron chi connectivity index (χ1n) is 30.5. The number of allylic oxidation sites excluding steroid dienone is 20. The van der Waals surface area contributed by atoms with Crippen LogP contribution in [0.25, 0.3) is 0 Å². The van der Waals surface area contributed by atoms with E-state index in [1.54, 1.807) is 0 Å². The molecule has 0 aromatic carbocycles. The Bertz CT molecular complexity index is 1550. The second-order valence-corrected chi connectivity index (χ2v) is 19.9. The molecule has 0 N–H and O–H groups in total. The molecule has 0 aliphatic carbocycles. The summed E-state index contributed by atoms with van der Waals surface area (Å²) in [4.78, 5) is 37.9. The van der Waals surface area contributed by atoms with E-state index in [1.807, 2.05) is 0 Å². The van der Waals surface area contributed by atoms with Gasteiger partial charge in [0.05, 0.1) is 0 Å². The standard InChI is InChI=1S/C68H112O6/c1-4-7-10-13-16-18-20-22-24-25-26-27-28-29-30-31-32-33-34-35-36-37-38-39-40-41-42-43-45-46-48-50-52-55-58-61-67(70)73-64-65(63-72-66(69)60-57-54-15-12-9-6-3)74-68(71)62-59-56-53-51-49-47-44-23-21-19-17-14-11-8-5-2/h7-8,10-11,16-19,22-24,26-27,29-30,32-33,35-36,44,65H,4-6,9,12-15,20-21,25,28,31,34,37-43,45-64H2,1-3H3/b10-7-,11-8-,18-16-,19-17-,24-22-,27-26-,30-29-,33-32-,36-35-,44-23-. The van der Waals surface area contributed by atoms with Crippen LogP contribution in [0.2, 0.25) is 0 Å². The highest BCUT2D eigenvalue weighted by molar-refractivity contribution is 5.71. The number of esters is 3. The monoisotopic (exact) mass is 1020 g/mol. The van der Waals surface area contributed by atoms with Crippen molar-refractivity contribution >= 4 is 17.9 Å². The predicted octanol–water partition coefficient (Wildman–Crippen LogP) is 20.8. The maximum absolute atomic E-state index is 12.8. The lowest BCUT2D eigenvalue weighted by Crippen LogP contribution is -2.30. The summed E-state index contributed by atoms with van der Waals surface area (Å²) in [6, 6.07) is 0. The van der Waals surface area contributed by atoms with E-state index in [1.165, 1.54) is 89.9 Å². The number of carbonyl (C=O) groups is 3. The molecular weight excluding hydrogens is 913 g/mol. The molecule has 0 heterocycles. The average molecular weight is 1030 g/mol. The first-order chi connectivity index (χ1) is 36.5. The van der Waals surface area contributed by atoms with Crippen molar-refractivity contribution in [3.63, 3.8) is 0 Å². The molecular formula is C68H112O6. The van der Waals surface area contributed by atoms with E-state index in [-0.39, 0.29) is 31.1 Å². The number of rotatable bonds is 54. The average Bonchev–Trinajstić information content (AvgIpc) is 3.40. The van der Waals surface area contributed by atoms with E-state index in [4.69, 9.17) is 14.2 Å². The molecule has 0 aromatic heterocycles. The summed E-state index contributed by atoms with van der Waals surface area (Å²) in [6.07, 6.45) is 85.3. The van der Waals surface area contributed by atoms with Gasteiger partial charge in [-0.25, -0.2) is 0 Å². The summed E-state index contributed by atoms with van der Waals surface area (Å²) in [7, 11) is 0. The fraction of sp³-hybridized carbons (Fsp3) is 0.662. The van der Waals surface area contributed by atoms with Gasteiger partial charge in [0.25, 0.3) is 0 Å². The molecule has 0 bridgehead atoms. The fourth-order valence-corrected chi connectivity index (χ4v) is 8.20. The van der Waals surface area contributed by atoms with Crippen LogP contribution in [-0.4, -0.2) is 37.2 Å². The Kier molecular flexibility index (Phi) is 57.9. The number of unbranched alkanes of at least 4 members (excludes halogenated alkanes) is 23. The molecule has 0 aromatic rings.